The number of amides is 1. The number of nitrogens with zero attached hydrogens (tertiary/aromatic N) is 1. The quantitative estimate of drug-likeness (QED) is 0.922. The SMILES string of the molecule is O=C(O)C1CN(C(=O)CCCc2ccccc2)c2ccccc21. The molecule has 2 aromatic rings. The van der Waals surface area contributed by atoms with E-state index in [0.29, 0.717) is 6.42 Å². The van der Waals surface area contributed by atoms with E-state index in [4.69, 9.17) is 0 Å². The molecular formula is C19H19NO3. The summed E-state index contributed by atoms with van der Waals surface area (Å²) in [6.07, 6.45) is 2.04. The average molecular weight is 309 g/mol. The highest BCUT2D eigenvalue weighted by Crippen LogP contribution is 2.36. The van der Waals surface area contributed by atoms with Crippen LogP contribution in [0.1, 0.15) is 29.9 Å². The highest BCUT2D eigenvalue weighted by Gasteiger charge is 2.35. The van der Waals surface area contributed by atoms with E-state index in [0.717, 1.165) is 24.1 Å². The predicted molar refractivity (Wildman–Crippen MR) is 88.6 cm³/mol. The normalized spacial score (nSPS) is 16.2. The zero-order chi connectivity index (χ0) is 16.2. The molecule has 0 radical (unpaired) electrons. The maximum Gasteiger partial charge on any atom is 0.312 e. The fraction of sp³-hybridized carbons (Fsp3) is 0.263. The second-order valence-corrected chi connectivity index (χ2v) is 5.79. The highest BCUT2D eigenvalue weighted by molar-refractivity contribution is 5.98. The third-order valence-corrected chi connectivity index (χ3v) is 4.27. The lowest BCUT2D eigenvalue weighted by Gasteiger charge is -2.17. The summed E-state index contributed by atoms with van der Waals surface area (Å²) in [7, 11) is 0. The number of aryl methyl sites for hydroxylation is 1. The Kier molecular flexibility index (Phi) is 4.42. The number of anilines is 1. The van der Waals surface area contributed by atoms with Crippen molar-refractivity contribution >= 4 is 17.6 Å². The molecule has 23 heavy (non-hydrogen) atoms. The number of benzene rings is 2. The Bertz CT molecular complexity index is 712. The van der Waals surface area contributed by atoms with Crippen molar-refractivity contribution in [3.8, 4) is 0 Å². The van der Waals surface area contributed by atoms with Crippen LogP contribution in [0.5, 0.6) is 0 Å². The molecule has 1 aliphatic heterocycles. The minimum absolute atomic E-state index is 0.00266. The van der Waals surface area contributed by atoms with Gasteiger partial charge in [-0.2, -0.15) is 0 Å². The van der Waals surface area contributed by atoms with Gasteiger partial charge in [0, 0.05) is 18.7 Å². The van der Waals surface area contributed by atoms with Gasteiger partial charge in [-0.25, -0.2) is 0 Å². The molecule has 4 heteroatoms. The summed E-state index contributed by atoms with van der Waals surface area (Å²) in [6, 6.07) is 17.3. The number of para-hydroxylation sites is 1. The first-order valence-electron chi connectivity index (χ1n) is 7.83. The molecule has 1 heterocycles. The van der Waals surface area contributed by atoms with Crippen molar-refractivity contribution in [3.63, 3.8) is 0 Å². The van der Waals surface area contributed by atoms with E-state index in [1.165, 1.54) is 5.56 Å². The number of fused-ring (bicyclic) bond motifs is 1. The van der Waals surface area contributed by atoms with Gasteiger partial charge < -0.3 is 10.0 Å². The topological polar surface area (TPSA) is 57.6 Å². The van der Waals surface area contributed by atoms with Crippen LogP contribution in [-0.4, -0.2) is 23.5 Å². The number of rotatable bonds is 5. The van der Waals surface area contributed by atoms with Crippen molar-refractivity contribution in [1.82, 2.24) is 0 Å². The minimum Gasteiger partial charge on any atom is -0.481 e. The molecule has 0 fully saturated rings. The monoisotopic (exact) mass is 309 g/mol. The standard InChI is InChI=1S/C19H19NO3/c21-18(12-6-9-14-7-2-1-3-8-14)20-13-16(19(22)23)15-10-4-5-11-17(15)20/h1-5,7-8,10-11,16H,6,9,12-13H2,(H,22,23). The maximum atomic E-state index is 12.5. The van der Waals surface area contributed by atoms with Crippen LogP contribution < -0.4 is 4.90 Å². The van der Waals surface area contributed by atoms with Crippen LogP contribution in [0.2, 0.25) is 0 Å². The highest BCUT2D eigenvalue weighted by atomic mass is 16.4. The molecule has 0 saturated heterocycles. The van der Waals surface area contributed by atoms with Gasteiger partial charge in [0.25, 0.3) is 0 Å². The summed E-state index contributed by atoms with van der Waals surface area (Å²) in [4.78, 5) is 25.5. The van der Waals surface area contributed by atoms with Crippen molar-refractivity contribution in [2.45, 2.75) is 25.2 Å². The summed E-state index contributed by atoms with van der Waals surface area (Å²) in [6.45, 7) is 0.235. The Balaban J connectivity index is 1.65. The van der Waals surface area contributed by atoms with Crippen LogP contribution in [0.15, 0.2) is 54.6 Å². The van der Waals surface area contributed by atoms with E-state index in [2.05, 4.69) is 12.1 Å². The van der Waals surface area contributed by atoms with E-state index < -0.39 is 11.9 Å². The fourth-order valence-electron chi connectivity index (χ4n) is 3.08. The largest absolute Gasteiger partial charge is 0.481 e. The van der Waals surface area contributed by atoms with Crippen molar-refractivity contribution in [1.29, 1.82) is 0 Å². The number of carboxylic acids is 1. The molecule has 3 rings (SSSR count). The number of carboxylic acid groups (broad SMARTS) is 1. The van der Waals surface area contributed by atoms with Gasteiger partial charge in [-0.15, -0.1) is 0 Å². The first-order chi connectivity index (χ1) is 11.2. The fourth-order valence-corrected chi connectivity index (χ4v) is 3.08. The summed E-state index contributed by atoms with van der Waals surface area (Å²) >= 11 is 0. The molecule has 1 unspecified atom stereocenters. The Hall–Kier alpha value is -2.62. The first kappa shape index (κ1) is 15.3. The van der Waals surface area contributed by atoms with E-state index in [1.54, 1.807) is 11.0 Å². The zero-order valence-corrected chi connectivity index (χ0v) is 12.8. The van der Waals surface area contributed by atoms with Gasteiger partial charge in [-0.3, -0.25) is 9.59 Å². The van der Waals surface area contributed by atoms with Crippen LogP contribution in [-0.2, 0) is 16.0 Å². The minimum atomic E-state index is -0.878. The summed E-state index contributed by atoms with van der Waals surface area (Å²) in [5.41, 5.74) is 2.69. The molecule has 118 valence electrons. The third kappa shape index (κ3) is 3.26. The van der Waals surface area contributed by atoms with Crippen molar-refractivity contribution in [3.05, 3.63) is 65.7 Å². The molecule has 1 N–H and O–H groups in total. The van der Waals surface area contributed by atoms with Gasteiger partial charge in [0.2, 0.25) is 5.91 Å². The van der Waals surface area contributed by atoms with Crippen LogP contribution in [0.4, 0.5) is 5.69 Å². The molecule has 4 nitrogen and oxygen atoms in total. The van der Waals surface area contributed by atoms with Crippen molar-refractivity contribution in [2.75, 3.05) is 11.4 Å². The van der Waals surface area contributed by atoms with Gasteiger partial charge >= 0.3 is 5.97 Å². The molecule has 1 aliphatic rings. The first-order valence-corrected chi connectivity index (χ1v) is 7.83. The maximum absolute atomic E-state index is 12.5. The molecule has 0 aliphatic carbocycles. The van der Waals surface area contributed by atoms with E-state index in [-0.39, 0.29) is 12.5 Å². The lowest BCUT2D eigenvalue weighted by Crippen LogP contribution is -2.31. The average Bonchev–Trinajstić information content (AvgIpc) is 2.96. The van der Waals surface area contributed by atoms with Crippen LogP contribution >= 0.6 is 0 Å². The lowest BCUT2D eigenvalue weighted by molar-refractivity contribution is -0.138. The second kappa shape index (κ2) is 6.65. The van der Waals surface area contributed by atoms with Gasteiger partial charge in [-0.05, 0) is 30.0 Å². The molecule has 0 spiro atoms. The number of carbonyl (C=O) groups is 2. The molecule has 0 saturated carbocycles. The smallest absolute Gasteiger partial charge is 0.312 e. The Morgan fingerprint density at radius 1 is 1.04 bits per heavy atom. The molecule has 2 aromatic carbocycles. The van der Waals surface area contributed by atoms with Gasteiger partial charge in [0.1, 0.15) is 5.92 Å². The van der Waals surface area contributed by atoms with E-state index >= 15 is 0 Å². The predicted octanol–water partition coefficient (Wildman–Crippen LogP) is 3.22. The molecular weight excluding hydrogens is 290 g/mol. The summed E-state index contributed by atoms with van der Waals surface area (Å²) in [5.74, 6) is -1.50. The van der Waals surface area contributed by atoms with Gasteiger partial charge in [0.05, 0.1) is 0 Å². The van der Waals surface area contributed by atoms with Gasteiger partial charge in [0.15, 0.2) is 0 Å². The second-order valence-electron chi connectivity index (χ2n) is 5.79. The Morgan fingerprint density at radius 2 is 1.74 bits per heavy atom. The molecule has 1 amide bonds. The number of carbonyl (C=O) groups excluding carboxylic acids is 1. The van der Waals surface area contributed by atoms with Gasteiger partial charge in [-0.1, -0.05) is 48.5 Å². The summed E-state index contributed by atoms with van der Waals surface area (Å²) < 4.78 is 0. The molecule has 0 bridgehead atoms. The van der Waals surface area contributed by atoms with E-state index in [1.807, 2.05) is 36.4 Å². The third-order valence-electron chi connectivity index (χ3n) is 4.27. The molecule has 1 atom stereocenters. The van der Waals surface area contributed by atoms with Crippen LogP contribution in [0.25, 0.3) is 0 Å². The Morgan fingerprint density at radius 3 is 2.48 bits per heavy atom. The van der Waals surface area contributed by atoms with Crippen molar-refractivity contribution in [2.24, 2.45) is 0 Å². The lowest BCUT2D eigenvalue weighted by atomic mass is 10.0. The number of hydrogen-bond acceptors (Lipinski definition) is 2. The van der Waals surface area contributed by atoms with Crippen molar-refractivity contribution < 1.29 is 14.7 Å². The number of aliphatic carboxylic acids is 1. The van der Waals surface area contributed by atoms with Crippen LogP contribution in [0, 0.1) is 0 Å². The zero-order valence-electron chi connectivity index (χ0n) is 12.8. The van der Waals surface area contributed by atoms with E-state index in [9.17, 15) is 14.7 Å². The Labute approximate surface area is 135 Å². The number of hydrogen-bond donors (Lipinski definition) is 1. The molecule has 0 aromatic heterocycles. The van der Waals surface area contributed by atoms with Crippen LogP contribution in [0.3, 0.4) is 0 Å². The summed E-state index contributed by atoms with van der Waals surface area (Å²) in [5, 5.41) is 9.35.